The lowest BCUT2D eigenvalue weighted by Crippen LogP contribution is -2.35. The third kappa shape index (κ3) is 3.14. The Bertz CT molecular complexity index is 349. The van der Waals surface area contributed by atoms with Gasteiger partial charge in [-0.25, -0.2) is 0 Å². The molecular formula is C17H26O. The average Bonchev–Trinajstić information content (AvgIpc) is 2.41. The van der Waals surface area contributed by atoms with E-state index < -0.39 is 0 Å². The van der Waals surface area contributed by atoms with Crippen LogP contribution in [0.25, 0.3) is 0 Å². The minimum absolute atomic E-state index is 0.140. The molecule has 1 heteroatoms. The summed E-state index contributed by atoms with van der Waals surface area (Å²) < 4.78 is 0. The van der Waals surface area contributed by atoms with Gasteiger partial charge in [-0.15, -0.1) is 0 Å². The van der Waals surface area contributed by atoms with E-state index in [2.05, 4.69) is 38.1 Å². The van der Waals surface area contributed by atoms with Crippen molar-refractivity contribution in [2.75, 3.05) is 0 Å². The zero-order chi connectivity index (χ0) is 13.0. The van der Waals surface area contributed by atoms with Crippen LogP contribution in [0, 0.1) is 5.92 Å². The lowest BCUT2D eigenvalue weighted by molar-refractivity contribution is 0.0673. The molecule has 1 saturated carbocycles. The monoisotopic (exact) mass is 246 g/mol. The molecule has 0 radical (unpaired) electrons. The van der Waals surface area contributed by atoms with Crippen LogP contribution in [0.5, 0.6) is 0 Å². The maximum absolute atomic E-state index is 10.6. The minimum Gasteiger partial charge on any atom is -0.392 e. The molecule has 0 amide bonds. The second-order valence-electron chi connectivity index (χ2n) is 6.34. The van der Waals surface area contributed by atoms with Gasteiger partial charge < -0.3 is 5.11 Å². The Labute approximate surface area is 111 Å². The van der Waals surface area contributed by atoms with E-state index in [9.17, 15) is 5.11 Å². The normalized spacial score (nSPS) is 19.7. The molecule has 18 heavy (non-hydrogen) atoms. The van der Waals surface area contributed by atoms with Gasteiger partial charge in [0, 0.05) is 5.41 Å². The highest BCUT2D eigenvalue weighted by atomic mass is 16.3. The summed E-state index contributed by atoms with van der Waals surface area (Å²) in [6.45, 7) is 4.33. The Morgan fingerprint density at radius 3 is 2.33 bits per heavy atom. The van der Waals surface area contributed by atoms with E-state index >= 15 is 0 Å². The van der Waals surface area contributed by atoms with E-state index in [0.717, 1.165) is 12.3 Å². The van der Waals surface area contributed by atoms with Crippen molar-refractivity contribution >= 4 is 0 Å². The highest BCUT2D eigenvalue weighted by molar-refractivity contribution is 5.25. The first-order valence-electron chi connectivity index (χ1n) is 7.34. The molecule has 1 aromatic rings. The summed E-state index contributed by atoms with van der Waals surface area (Å²) in [5.41, 5.74) is 1.10. The fraction of sp³-hybridized carbons (Fsp3) is 0.647. The molecule has 1 aromatic carbocycles. The maximum Gasteiger partial charge on any atom is 0.0634 e. The maximum atomic E-state index is 10.6. The van der Waals surface area contributed by atoms with Crippen molar-refractivity contribution in [3.8, 4) is 0 Å². The highest BCUT2D eigenvalue weighted by Gasteiger charge is 2.31. The number of rotatable bonds is 4. The van der Waals surface area contributed by atoms with Gasteiger partial charge in [0.05, 0.1) is 6.10 Å². The van der Waals surface area contributed by atoms with Gasteiger partial charge >= 0.3 is 0 Å². The van der Waals surface area contributed by atoms with Crippen LogP contribution in [-0.4, -0.2) is 11.2 Å². The van der Waals surface area contributed by atoms with Crippen LogP contribution < -0.4 is 0 Å². The number of aliphatic hydroxyl groups excluding tert-OH is 1. The summed E-state index contributed by atoms with van der Waals surface area (Å²) in [4.78, 5) is 0. The van der Waals surface area contributed by atoms with Gasteiger partial charge in [0.15, 0.2) is 0 Å². The molecule has 1 N–H and O–H groups in total. The second-order valence-corrected chi connectivity index (χ2v) is 6.34. The van der Waals surface area contributed by atoms with Crippen LogP contribution in [0.3, 0.4) is 0 Å². The first-order chi connectivity index (χ1) is 8.60. The van der Waals surface area contributed by atoms with Crippen LogP contribution in [0.1, 0.15) is 57.9 Å². The molecule has 1 fully saturated rings. The Hall–Kier alpha value is -0.820. The molecule has 1 aliphatic rings. The largest absolute Gasteiger partial charge is 0.392 e. The van der Waals surface area contributed by atoms with Crippen LogP contribution in [-0.2, 0) is 5.41 Å². The highest BCUT2D eigenvalue weighted by Crippen LogP contribution is 2.34. The van der Waals surface area contributed by atoms with Crippen LogP contribution in [0.15, 0.2) is 30.3 Å². The van der Waals surface area contributed by atoms with Crippen molar-refractivity contribution < 1.29 is 5.11 Å². The topological polar surface area (TPSA) is 20.2 Å². The van der Waals surface area contributed by atoms with Gasteiger partial charge in [-0.05, 0) is 17.9 Å². The molecule has 0 heterocycles. The summed E-state index contributed by atoms with van der Waals surface area (Å²) in [6.07, 6.45) is 7.43. The third-order valence-electron chi connectivity index (χ3n) is 4.63. The smallest absolute Gasteiger partial charge is 0.0634 e. The van der Waals surface area contributed by atoms with E-state index in [1.54, 1.807) is 0 Å². The van der Waals surface area contributed by atoms with Gasteiger partial charge in [-0.3, -0.25) is 0 Å². The quantitative estimate of drug-likeness (QED) is 0.840. The van der Waals surface area contributed by atoms with E-state index in [4.69, 9.17) is 0 Å². The zero-order valence-electron chi connectivity index (χ0n) is 11.7. The minimum atomic E-state index is -0.233. The molecule has 0 bridgehead atoms. The number of benzene rings is 1. The van der Waals surface area contributed by atoms with Crippen molar-refractivity contribution in [3.05, 3.63) is 35.9 Å². The van der Waals surface area contributed by atoms with Crippen molar-refractivity contribution in [2.45, 2.75) is 63.9 Å². The van der Waals surface area contributed by atoms with Gasteiger partial charge in [0.25, 0.3) is 0 Å². The Morgan fingerprint density at radius 2 is 1.72 bits per heavy atom. The summed E-state index contributed by atoms with van der Waals surface area (Å²) in [7, 11) is 0. The number of aliphatic hydroxyl groups is 1. The summed E-state index contributed by atoms with van der Waals surface area (Å²) in [5, 5.41) is 10.6. The molecule has 0 saturated heterocycles. The van der Waals surface area contributed by atoms with Gasteiger partial charge in [0.2, 0.25) is 0 Å². The lowest BCUT2D eigenvalue weighted by Gasteiger charge is -2.34. The Kier molecular flexibility index (Phi) is 4.45. The summed E-state index contributed by atoms with van der Waals surface area (Å²) >= 11 is 0. The van der Waals surface area contributed by atoms with E-state index in [0.29, 0.717) is 0 Å². The van der Waals surface area contributed by atoms with Crippen molar-refractivity contribution in [3.63, 3.8) is 0 Å². The van der Waals surface area contributed by atoms with E-state index in [-0.39, 0.29) is 11.5 Å². The SMILES string of the molecule is CC(C)(c1ccccc1)C(O)CC1CCCCC1. The third-order valence-corrected chi connectivity index (χ3v) is 4.63. The lowest BCUT2D eigenvalue weighted by atomic mass is 9.74. The fourth-order valence-corrected chi connectivity index (χ4v) is 3.09. The summed E-state index contributed by atoms with van der Waals surface area (Å²) in [6, 6.07) is 10.4. The van der Waals surface area contributed by atoms with Crippen LogP contribution in [0.2, 0.25) is 0 Å². The first-order valence-corrected chi connectivity index (χ1v) is 7.34. The van der Waals surface area contributed by atoms with E-state index in [1.165, 1.54) is 37.7 Å². The number of hydrogen-bond acceptors (Lipinski definition) is 1. The second kappa shape index (κ2) is 5.88. The predicted octanol–water partition coefficient (Wildman–Crippen LogP) is 4.30. The molecule has 1 atom stereocenters. The molecule has 0 aliphatic heterocycles. The summed E-state index contributed by atoms with van der Waals surface area (Å²) in [5.74, 6) is 0.733. The molecule has 2 rings (SSSR count). The van der Waals surface area contributed by atoms with Crippen molar-refractivity contribution in [1.29, 1.82) is 0 Å². The molecule has 0 aromatic heterocycles. The van der Waals surface area contributed by atoms with Gasteiger partial charge in [-0.1, -0.05) is 76.3 Å². The fourth-order valence-electron chi connectivity index (χ4n) is 3.09. The molecule has 1 unspecified atom stereocenters. The van der Waals surface area contributed by atoms with Crippen LogP contribution in [0.4, 0.5) is 0 Å². The van der Waals surface area contributed by atoms with Crippen molar-refractivity contribution in [1.82, 2.24) is 0 Å². The molecule has 0 spiro atoms. The molecular weight excluding hydrogens is 220 g/mol. The van der Waals surface area contributed by atoms with Gasteiger partial charge in [-0.2, -0.15) is 0 Å². The average molecular weight is 246 g/mol. The molecule has 1 aliphatic carbocycles. The van der Waals surface area contributed by atoms with Crippen molar-refractivity contribution in [2.24, 2.45) is 5.92 Å². The molecule has 100 valence electrons. The standard InChI is InChI=1S/C17H26O/c1-17(2,15-11-7-4-8-12-15)16(18)13-14-9-5-3-6-10-14/h4,7-8,11-12,14,16,18H,3,5-6,9-10,13H2,1-2H3. The van der Waals surface area contributed by atoms with Crippen LogP contribution >= 0.6 is 0 Å². The zero-order valence-corrected chi connectivity index (χ0v) is 11.7. The Balaban J connectivity index is 2.00. The van der Waals surface area contributed by atoms with E-state index in [1.807, 2.05) is 6.07 Å². The first kappa shape index (κ1) is 13.6. The number of hydrogen-bond donors (Lipinski definition) is 1. The van der Waals surface area contributed by atoms with Gasteiger partial charge in [0.1, 0.15) is 0 Å². The predicted molar refractivity (Wildman–Crippen MR) is 76.7 cm³/mol. The Morgan fingerprint density at radius 1 is 1.11 bits per heavy atom. The molecule has 1 nitrogen and oxygen atoms in total.